The van der Waals surface area contributed by atoms with E-state index >= 15 is 0 Å². The van der Waals surface area contributed by atoms with Crippen molar-refractivity contribution in [3.63, 3.8) is 0 Å². The van der Waals surface area contributed by atoms with Crippen LogP contribution in [0.4, 0.5) is 5.13 Å². The van der Waals surface area contributed by atoms with Crippen molar-refractivity contribution in [2.75, 3.05) is 5.73 Å². The van der Waals surface area contributed by atoms with Crippen LogP contribution >= 0.6 is 23.1 Å². The number of thiazole rings is 1. The SMILES string of the molecule is Cc1nc(N)sc1SCc1ncccc1C(=O)O. The quantitative estimate of drug-likeness (QED) is 0.837. The van der Waals surface area contributed by atoms with Crippen molar-refractivity contribution in [2.45, 2.75) is 16.9 Å². The van der Waals surface area contributed by atoms with E-state index in [4.69, 9.17) is 10.8 Å². The summed E-state index contributed by atoms with van der Waals surface area (Å²) in [6, 6.07) is 3.17. The minimum atomic E-state index is -0.959. The van der Waals surface area contributed by atoms with Crippen LogP contribution in [0.1, 0.15) is 21.7 Å². The molecule has 2 rings (SSSR count). The summed E-state index contributed by atoms with van der Waals surface area (Å²) in [7, 11) is 0. The van der Waals surface area contributed by atoms with E-state index in [0.29, 0.717) is 16.6 Å². The molecular weight excluding hydrogens is 270 g/mol. The Morgan fingerprint density at radius 1 is 1.61 bits per heavy atom. The molecule has 0 saturated carbocycles. The van der Waals surface area contributed by atoms with Gasteiger partial charge in [-0.05, 0) is 19.1 Å². The maximum Gasteiger partial charge on any atom is 0.337 e. The fraction of sp³-hybridized carbons (Fsp3) is 0.182. The highest BCUT2D eigenvalue weighted by Crippen LogP contribution is 2.32. The Balaban J connectivity index is 2.15. The molecule has 0 radical (unpaired) electrons. The van der Waals surface area contributed by atoms with Crippen molar-refractivity contribution < 1.29 is 9.90 Å². The highest BCUT2D eigenvalue weighted by molar-refractivity contribution is 8.00. The first-order chi connectivity index (χ1) is 8.58. The fourth-order valence-corrected chi connectivity index (χ4v) is 3.41. The van der Waals surface area contributed by atoms with Crippen LogP contribution in [-0.2, 0) is 5.75 Å². The molecule has 0 aliphatic carbocycles. The number of carboxylic acids is 1. The molecule has 2 heterocycles. The first kappa shape index (κ1) is 12.8. The molecule has 2 aromatic heterocycles. The van der Waals surface area contributed by atoms with E-state index in [1.807, 2.05) is 6.92 Å². The molecule has 0 atom stereocenters. The standard InChI is InChI=1S/C11H11N3O2S2/c1-6-10(18-11(12)14-6)17-5-8-7(9(15)16)3-2-4-13-8/h2-4H,5H2,1H3,(H2,12,14)(H,15,16). The second kappa shape index (κ2) is 5.36. The molecule has 0 aliphatic rings. The summed E-state index contributed by atoms with van der Waals surface area (Å²) in [5.41, 5.74) is 7.27. The second-order valence-electron chi connectivity index (χ2n) is 3.52. The second-order valence-corrected chi connectivity index (χ2v) is 5.79. The van der Waals surface area contributed by atoms with Crippen LogP contribution in [0, 0.1) is 6.92 Å². The average Bonchev–Trinajstić information content (AvgIpc) is 2.65. The summed E-state index contributed by atoms with van der Waals surface area (Å²) < 4.78 is 0.995. The maximum absolute atomic E-state index is 11.0. The molecule has 0 aliphatic heterocycles. The Labute approximate surface area is 112 Å². The highest BCUT2D eigenvalue weighted by Gasteiger charge is 2.12. The van der Waals surface area contributed by atoms with Crippen LogP contribution in [0.2, 0.25) is 0 Å². The van der Waals surface area contributed by atoms with Gasteiger partial charge in [0.1, 0.15) is 0 Å². The van der Waals surface area contributed by atoms with Crippen LogP contribution in [0.15, 0.2) is 22.5 Å². The van der Waals surface area contributed by atoms with Crippen molar-refractivity contribution in [3.8, 4) is 0 Å². The van der Waals surface area contributed by atoms with Gasteiger partial charge in [0.25, 0.3) is 0 Å². The predicted octanol–water partition coefficient (Wildman–Crippen LogP) is 2.42. The minimum absolute atomic E-state index is 0.236. The number of aryl methyl sites for hydroxylation is 1. The zero-order valence-corrected chi connectivity index (χ0v) is 11.2. The molecule has 0 saturated heterocycles. The number of hydrogen-bond acceptors (Lipinski definition) is 6. The van der Waals surface area contributed by atoms with Crippen LogP contribution in [0.25, 0.3) is 0 Å². The number of thioether (sulfide) groups is 1. The summed E-state index contributed by atoms with van der Waals surface area (Å²) in [6.45, 7) is 1.88. The minimum Gasteiger partial charge on any atom is -0.478 e. The maximum atomic E-state index is 11.0. The number of pyridine rings is 1. The Morgan fingerprint density at radius 2 is 2.39 bits per heavy atom. The zero-order valence-electron chi connectivity index (χ0n) is 9.58. The Bertz CT molecular complexity index is 583. The van der Waals surface area contributed by atoms with Gasteiger partial charge in [-0.15, -0.1) is 11.8 Å². The molecule has 0 aromatic carbocycles. The van der Waals surface area contributed by atoms with Gasteiger partial charge in [-0.25, -0.2) is 9.78 Å². The molecule has 0 unspecified atom stereocenters. The molecule has 0 bridgehead atoms. The van der Waals surface area contributed by atoms with Gasteiger partial charge in [0.2, 0.25) is 0 Å². The third-order valence-electron chi connectivity index (χ3n) is 2.23. The number of nitrogens with zero attached hydrogens (tertiary/aromatic N) is 2. The van der Waals surface area contributed by atoms with Gasteiger partial charge in [-0.3, -0.25) is 4.98 Å². The molecule has 18 heavy (non-hydrogen) atoms. The van der Waals surface area contributed by atoms with Gasteiger partial charge in [-0.2, -0.15) is 0 Å². The molecule has 3 N–H and O–H groups in total. The number of nitrogens with two attached hydrogens (primary N) is 1. The smallest absolute Gasteiger partial charge is 0.337 e. The van der Waals surface area contributed by atoms with E-state index in [0.717, 1.165) is 9.90 Å². The van der Waals surface area contributed by atoms with E-state index in [2.05, 4.69) is 9.97 Å². The van der Waals surface area contributed by atoms with Crippen LogP contribution < -0.4 is 5.73 Å². The van der Waals surface area contributed by atoms with Gasteiger partial charge in [0, 0.05) is 11.9 Å². The lowest BCUT2D eigenvalue weighted by atomic mass is 10.2. The molecule has 0 fully saturated rings. The summed E-state index contributed by atoms with van der Waals surface area (Å²) >= 11 is 2.91. The topological polar surface area (TPSA) is 89.1 Å². The summed E-state index contributed by atoms with van der Waals surface area (Å²) in [5.74, 6) is -0.468. The monoisotopic (exact) mass is 281 g/mol. The number of nitrogen functional groups attached to an aromatic ring is 1. The zero-order chi connectivity index (χ0) is 13.1. The van der Waals surface area contributed by atoms with Crippen LogP contribution in [0.5, 0.6) is 0 Å². The van der Waals surface area contributed by atoms with Crippen molar-refractivity contribution in [3.05, 3.63) is 35.3 Å². The van der Waals surface area contributed by atoms with Crippen LogP contribution in [-0.4, -0.2) is 21.0 Å². The Hall–Kier alpha value is -1.60. The third kappa shape index (κ3) is 2.80. The normalized spacial score (nSPS) is 10.5. The first-order valence-corrected chi connectivity index (χ1v) is 6.91. The fourth-order valence-electron chi connectivity index (χ4n) is 1.42. The summed E-state index contributed by atoms with van der Waals surface area (Å²) in [5, 5.41) is 9.57. The van der Waals surface area contributed by atoms with E-state index in [1.165, 1.54) is 23.1 Å². The van der Waals surface area contributed by atoms with Crippen molar-refractivity contribution in [1.82, 2.24) is 9.97 Å². The van der Waals surface area contributed by atoms with E-state index in [1.54, 1.807) is 18.3 Å². The van der Waals surface area contributed by atoms with Gasteiger partial charge in [0.05, 0.1) is 21.2 Å². The average molecular weight is 281 g/mol. The molecule has 2 aromatic rings. The third-order valence-corrected chi connectivity index (χ3v) is 4.59. The molecule has 5 nitrogen and oxygen atoms in total. The number of aromatic carboxylic acids is 1. The summed E-state index contributed by atoms with van der Waals surface area (Å²) in [6.07, 6.45) is 1.59. The summed E-state index contributed by atoms with van der Waals surface area (Å²) in [4.78, 5) is 19.2. The molecular formula is C11H11N3O2S2. The first-order valence-electron chi connectivity index (χ1n) is 5.11. The largest absolute Gasteiger partial charge is 0.478 e. The van der Waals surface area contributed by atoms with Gasteiger partial charge in [0.15, 0.2) is 5.13 Å². The number of hydrogen-bond donors (Lipinski definition) is 2. The number of carboxylic acid groups (broad SMARTS) is 1. The van der Waals surface area contributed by atoms with Crippen molar-refractivity contribution in [2.24, 2.45) is 0 Å². The highest BCUT2D eigenvalue weighted by atomic mass is 32.2. The van der Waals surface area contributed by atoms with E-state index < -0.39 is 5.97 Å². The van der Waals surface area contributed by atoms with Crippen molar-refractivity contribution in [1.29, 1.82) is 0 Å². The Morgan fingerprint density at radius 3 is 3.00 bits per heavy atom. The van der Waals surface area contributed by atoms with Gasteiger partial charge >= 0.3 is 5.97 Å². The molecule has 0 spiro atoms. The lowest BCUT2D eigenvalue weighted by Crippen LogP contribution is -2.03. The van der Waals surface area contributed by atoms with Gasteiger partial charge < -0.3 is 10.8 Å². The Kier molecular flexibility index (Phi) is 3.83. The molecule has 7 heteroatoms. The number of anilines is 1. The van der Waals surface area contributed by atoms with Crippen LogP contribution in [0.3, 0.4) is 0 Å². The molecule has 0 amide bonds. The van der Waals surface area contributed by atoms with E-state index in [9.17, 15) is 4.79 Å². The van der Waals surface area contributed by atoms with Gasteiger partial charge in [-0.1, -0.05) is 11.3 Å². The van der Waals surface area contributed by atoms with E-state index in [-0.39, 0.29) is 5.56 Å². The number of aromatic nitrogens is 2. The van der Waals surface area contributed by atoms with Crippen molar-refractivity contribution >= 4 is 34.2 Å². The number of rotatable bonds is 4. The predicted molar refractivity (Wildman–Crippen MR) is 72.0 cm³/mol. The number of carbonyl (C=O) groups is 1. The lowest BCUT2D eigenvalue weighted by molar-refractivity contribution is 0.0695. The molecule has 94 valence electrons. The lowest BCUT2D eigenvalue weighted by Gasteiger charge is -2.03.